The van der Waals surface area contributed by atoms with Crippen molar-refractivity contribution in [2.45, 2.75) is 6.18 Å². The van der Waals surface area contributed by atoms with Crippen molar-refractivity contribution in [2.24, 2.45) is 0 Å². The predicted octanol–water partition coefficient (Wildman–Crippen LogP) is 5.14. The van der Waals surface area contributed by atoms with Crippen LogP contribution in [0.2, 0.25) is 5.02 Å². The monoisotopic (exact) mass is 392 g/mol. The molecule has 2 N–H and O–H groups in total. The lowest BCUT2D eigenvalue weighted by atomic mass is 10.1. The molecule has 1 amide bonds. The summed E-state index contributed by atoms with van der Waals surface area (Å²) in [5.74, 6) is -0.524. The molecule has 2 aromatic carbocycles. The van der Waals surface area contributed by atoms with Crippen LogP contribution in [-0.2, 0) is 6.18 Å². The highest BCUT2D eigenvalue weighted by Crippen LogP contribution is 2.34. The number of para-hydroxylation sites is 2. The highest BCUT2D eigenvalue weighted by Gasteiger charge is 2.33. The Balaban J connectivity index is 1.82. The maximum Gasteiger partial charge on any atom is 0.418 e. The van der Waals surface area contributed by atoms with E-state index >= 15 is 0 Å². The number of alkyl halides is 3. The molecule has 0 saturated heterocycles. The highest BCUT2D eigenvalue weighted by molar-refractivity contribution is 6.33. The summed E-state index contributed by atoms with van der Waals surface area (Å²) in [5, 5.41) is 5.60. The fourth-order valence-corrected chi connectivity index (χ4v) is 2.46. The molecule has 27 heavy (non-hydrogen) atoms. The van der Waals surface area contributed by atoms with Gasteiger partial charge < -0.3 is 10.6 Å². The zero-order valence-electron chi connectivity index (χ0n) is 13.6. The average molecular weight is 393 g/mol. The van der Waals surface area contributed by atoms with E-state index in [-0.39, 0.29) is 17.2 Å². The number of halogens is 4. The SMILES string of the molecule is O=C(Nc1ccccc1C(F)(F)F)c1cc(Nc2ccccc2Cl)ncn1. The lowest BCUT2D eigenvalue weighted by Crippen LogP contribution is -2.18. The van der Waals surface area contributed by atoms with Crippen molar-refractivity contribution in [3.63, 3.8) is 0 Å². The molecule has 3 aromatic rings. The minimum atomic E-state index is -4.59. The zero-order chi connectivity index (χ0) is 19.4. The predicted molar refractivity (Wildman–Crippen MR) is 96.2 cm³/mol. The van der Waals surface area contributed by atoms with E-state index in [2.05, 4.69) is 20.6 Å². The Hall–Kier alpha value is -3.13. The summed E-state index contributed by atoms with van der Waals surface area (Å²) in [7, 11) is 0. The number of nitrogens with zero attached hydrogens (tertiary/aromatic N) is 2. The molecule has 5 nitrogen and oxygen atoms in total. The third-order valence-electron chi connectivity index (χ3n) is 3.52. The van der Waals surface area contributed by atoms with Gasteiger partial charge in [-0.15, -0.1) is 0 Å². The van der Waals surface area contributed by atoms with Crippen LogP contribution in [0.15, 0.2) is 60.9 Å². The first-order valence-electron chi connectivity index (χ1n) is 7.66. The van der Waals surface area contributed by atoms with E-state index in [0.717, 1.165) is 12.4 Å². The van der Waals surface area contributed by atoms with Crippen molar-refractivity contribution < 1.29 is 18.0 Å². The van der Waals surface area contributed by atoms with E-state index in [1.165, 1.54) is 24.3 Å². The van der Waals surface area contributed by atoms with Gasteiger partial charge in [0.2, 0.25) is 0 Å². The summed E-state index contributed by atoms with van der Waals surface area (Å²) in [6.07, 6.45) is -3.46. The first-order valence-corrected chi connectivity index (χ1v) is 8.03. The molecule has 0 radical (unpaired) electrons. The smallest absolute Gasteiger partial charge is 0.339 e. The van der Waals surface area contributed by atoms with Gasteiger partial charge in [-0.05, 0) is 24.3 Å². The number of rotatable bonds is 4. The largest absolute Gasteiger partial charge is 0.418 e. The second kappa shape index (κ2) is 7.63. The van der Waals surface area contributed by atoms with Crippen LogP contribution in [0.25, 0.3) is 0 Å². The van der Waals surface area contributed by atoms with Crippen molar-refractivity contribution in [3.8, 4) is 0 Å². The molecule has 0 bridgehead atoms. The van der Waals surface area contributed by atoms with E-state index in [1.54, 1.807) is 24.3 Å². The van der Waals surface area contributed by atoms with Crippen LogP contribution in [0.1, 0.15) is 16.1 Å². The van der Waals surface area contributed by atoms with Gasteiger partial charge in [0.1, 0.15) is 17.8 Å². The van der Waals surface area contributed by atoms with Gasteiger partial charge in [-0.1, -0.05) is 35.9 Å². The van der Waals surface area contributed by atoms with Crippen molar-refractivity contribution >= 4 is 34.7 Å². The first kappa shape index (κ1) is 18.7. The molecule has 0 spiro atoms. The quantitative estimate of drug-likeness (QED) is 0.644. The Bertz CT molecular complexity index is 979. The number of hydrogen-bond donors (Lipinski definition) is 2. The van der Waals surface area contributed by atoms with Gasteiger partial charge in [0, 0.05) is 6.07 Å². The minimum Gasteiger partial charge on any atom is -0.339 e. The topological polar surface area (TPSA) is 66.9 Å². The number of benzene rings is 2. The molecule has 1 heterocycles. The minimum absolute atomic E-state index is 0.100. The van der Waals surface area contributed by atoms with Crippen LogP contribution in [0, 0.1) is 0 Å². The molecule has 0 aliphatic rings. The second-order valence-electron chi connectivity index (χ2n) is 5.39. The Morgan fingerprint density at radius 1 is 0.963 bits per heavy atom. The van der Waals surface area contributed by atoms with Gasteiger partial charge in [0.15, 0.2) is 0 Å². The number of hydrogen-bond acceptors (Lipinski definition) is 4. The number of nitrogens with one attached hydrogen (secondary N) is 2. The molecule has 0 aliphatic carbocycles. The standard InChI is InChI=1S/C18H12ClF3N4O/c19-12-6-2-4-8-14(12)25-16-9-15(23-10-24-16)17(27)26-13-7-3-1-5-11(13)18(20,21)22/h1-10H,(H,26,27)(H,23,24,25). The lowest BCUT2D eigenvalue weighted by molar-refractivity contribution is -0.136. The maximum absolute atomic E-state index is 13.0. The molecule has 0 aliphatic heterocycles. The van der Waals surface area contributed by atoms with Crippen LogP contribution in [-0.4, -0.2) is 15.9 Å². The molecule has 0 unspecified atom stereocenters. The zero-order valence-corrected chi connectivity index (χ0v) is 14.3. The molecule has 0 fully saturated rings. The lowest BCUT2D eigenvalue weighted by Gasteiger charge is -2.13. The van der Waals surface area contributed by atoms with Gasteiger partial charge in [-0.3, -0.25) is 4.79 Å². The van der Waals surface area contributed by atoms with Gasteiger partial charge in [-0.25, -0.2) is 9.97 Å². The fraction of sp³-hybridized carbons (Fsp3) is 0.0556. The van der Waals surface area contributed by atoms with E-state index < -0.39 is 17.6 Å². The molecular formula is C18H12ClF3N4O. The first-order chi connectivity index (χ1) is 12.8. The molecule has 9 heteroatoms. The normalized spacial score (nSPS) is 11.1. The van der Waals surface area contributed by atoms with Crippen molar-refractivity contribution in [1.29, 1.82) is 0 Å². The van der Waals surface area contributed by atoms with Crippen LogP contribution < -0.4 is 10.6 Å². The van der Waals surface area contributed by atoms with Crippen molar-refractivity contribution in [2.75, 3.05) is 10.6 Å². The van der Waals surface area contributed by atoms with Crippen molar-refractivity contribution in [1.82, 2.24) is 9.97 Å². The molecule has 1 aromatic heterocycles. The number of anilines is 3. The number of carbonyl (C=O) groups excluding carboxylic acids is 1. The number of amides is 1. The van der Waals surface area contributed by atoms with E-state index in [9.17, 15) is 18.0 Å². The molecule has 0 saturated carbocycles. The Labute approximate surface area is 157 Å². The molecule has 0 atom stereocenters. The van der Waals surface area contributed by atoms with Crippen LogP contribution in [0.3, 0.4) is 0 Å². The van der Waals surface area contributed by atoms with Gasteiger partial charge in [-0.2, -0.15) is 13.2 Å². The molecular weight excluding hydrogens is 381 g/mol. The second-order valence-corrected chi connectivity index (χ2v) is 5.80. The summed E-state index contributed by atoms with van der Waals surface area (Å²) in [6, 6.07) is 12.9. The third kappa shape index (κ3) is 4.53. The van der Waals surface area contributed by atoms with Gasteiger partial charge in [0.05, 0.1) is 22.0 Å². The number of carbonyl (C=O) groups is 1. The van der Waals surface area contributed by atoms with E-state index in [1.807, 2.05) is 0 Å². The summed E-state index contributed by atoms with van der Waals surface area (Å²) in [5.41, 5.74) is -0.834. The summed E-state index contributed by atoms with van der Waals surface area (Å²) < 4.78 is 39.1. The van der Waals surface area contributed by atoms with E-state index in [4.69, 9.17) is 11.6 Å². The average Bonchev–Trinajstić information content (AvgIpc) is 2.63. The Morgan fingerprint density at radius 3 is 2.33 bits per heavy atom. The molecule has 138 valence electrons. The van der Waals surface area contributed by atoms with Gasteiger partial charge >= 0.3 is 6.18 Å². The van der Waals surface area contributed by atoms with Crippen molar-refractivity contribution in [3.05, 3.63) is 77.2 Å². The summed E-state index contributed by atoms with van der Waals surface area (Å²) >= 11 is 6.05. The van der Waals surface area contributed by atoms with Crippen LogP contribution in [0.4, 0.5) is 30.4 Å². The maximum atomic E-state index is 13.0. The Morgan fingerprint density at radius 2 is 1.63 bits per heavy atom. The summed E-state index contributed by atoms with van der Waals surface area (Å²) in [4.78, 5) is 20.1. The summed E-state index contributed by atoms with van der Waals surface area (Å²) in [6.45, 7) is 0. The molecule has 3 rings (SSSR count). The van der Waals surface area contributed by atoms with Crippen LogP contribution >= 0.6 is 11.6 Å². The van der Waals surface area contributed by atoms with Gasteiger partial charge in [0.25, 0.3) is 5.91 Å². The number of aromatic nitrogens is 2. The Kier molecular flexibility index (Phi) is 5.27. The third-order valence-corrected chi connectivity index (χ3v) is 3.85. The van der Waals surface area contributed by atoms with Crippen LogP contribution in [0.5, 0.6) is 0 Å². The highest BCUT2D eigenvalue weighted by atomic mass is 35.5. The fourth-order valence-electron chi connectivity index (χ4n) is 2.28. The van der Waals surface area contributed by atoms with E-state index in [0.29, 0.717) is 10.7 Å².